The third-order valence-corrected chi connectivity index (χ3v) is 2.73. The summed E-state index contributed by atoms with van der Waals surface area (Å²) in [6, 6.07) is 0. The maximum atomic E-state index is 11.4. The molecule has 1 saturated heterocycles. The molecule has 1 fully saturated rings. The Hall–Kier alpha value is -0.650. The number of hydrogen-bond acceptors (Lipinski definition) is 4. The van der Waals surface area contributed by atoms with Crippen molar-refractivity contribution in [3.05, 3.63) is 0 Å². The molecular weight excluding hydrogens is 194 g/mol. The van der Waals surface area contributed by atoms with Gasteiger partial charge >= 0.3 is 0 Å². The van der Waals surface area contributed by atoms with E-state index in [1.807, 2.05) is 14.1 Å². The van der Waals surface area contributed by atoms with Crippen LogP contribution in [0.25, 0.3) is 0 Å². The fourth-order valence-corrected chi connectivity index (χ4v) is 1.73. The second-order valence-electron chi connectivity index (χ2n) is 4.33. The third-order valence-electron chi connectivity index (χ3n) is 2.73. The summed E-state index contributed by atoms with van der Waals surface area (Å²) in [5.41, 5.74) is 4.78. The number of hydrogen-bond donors (Lipinski definition) is 2. The maximum Gasteiger partial charge on any atom is 0.240 e. The van der Waals surface area contributed by atoms with Gasteiger partial charge in [0.25, 0.3) is 0 Å². The van der Waals surface area contributed by atoms with Crippen LogP contribution >= 0.6 is 0 Å². The van der Waals surface area contributed by atoms with Crippen LogP contribution in [0.15, 0.2) is 0 Å². The molecule has 0 saturated carbocycles. The minimum absolute atomic E-state index is 0.305. The van der Waals surface area contributed by atoms with Gasteiger partial charge in [-0.1, -0.05) is 0 Å². The summed E-state index contributed by atoms with van der Waals surface area (Å²) < 4.78 is 5.33. The van der Waals surface area contributed by atoms with Crippen molar-refractivity contribution in [3.8, 4) is 0 Å². The Balaban J connectivity index is 2.46. The van der Waals surface area contributed by atoms with Crippen LogP contribution in [0, 0.1) is 0 Å². The Bertz CT molecular complexity index is 213. The molecule has 1 atom stereocenters. The smallest absolute Gasteiger partial charge is 0.240 e. The Morgan fingerprint density at radius 1 is 1.60 bits per heavy atom. The lowest BCUT2D eigenvalue weighted by molar-refractivity contribution is -0.130. The van der Waals surface area contributed by atoms with E-state index in [1.165, 1.54) is 0 Å². The molecule has 0 aromatic heterocycles. The molecule has 1 rings (SSSR count). The third kappa shape index (κ3) is 3.44. The number of nitrogens with one attached hydrogen (secondary N) is 1. The first-order chi connectivity index (χ1) is 7.07. The average molecular weight is 215 g/mol. The summed E-state index contributed by atoms with van der Waals surface area (Å²) in [7, 11) is 3.99. The summed E-state index contributed by atoms with van der Waals surface area (Å²) in [6.07, 6.45) is 1.66. The van der Waals surface area contributed by atoms with Crippen molar-refractivity contribution >= 4 is 5.91 Å². The van der Waals surface area contributed by atoms with Crippen LogP contribution < -0.4 is 11.1 Å². The Kier molecular flexibility index (Phi) is 4.50. The highest BCUT2D eigenvalue weighted by molar-refractivity contribution is 5.85. The predicted molar refractivity (Wildman–Crippen MR) is 58.5 cm³/mol. The van der Waals surface area contributed by atoms with Gasteiger partial charge in [0.15, 0.2) is 0 Å². The minimum atomic E-state index is -0.645. The van der Waals surface area contributed by atoms with E-state index in [2.05, 4.69) is 10.2 Å². The van der Waals surface area contributed by atoms with Crippen molar-refractivity contribution in [2.45, 2.75) is 18.4 Å². The van der Waals surface area contributed by atoms with Crippen molar-refractivity contribution in [1.82, 2.24) is 10.2 Å². The number of ether oxygens (including phenoxy) is 1. The van der Waals surface area contributed by atoms with Crippen LogP contribution in [0.2, 0.25) is 0 Å². The van der Waals surface area contributed by atoms with E-state index in [0.29, 0.717) is 6.61 Å². The summed E-state index contributed by atoms with van der Waals surface area (Å²) >= 11 is 0. The zero-order chi connectivity index (χ0) is 11.3. The molecule has 0 aromatic carbocycles. The Labute approximate surface area is 90.9 Å². The highest BCUT2D eigenvalue weighted by Crippen LogP contribution is 2.18. The van der Waals surface area contributed by atoms with Crippen molar-refractivity contribution in [2.24, 2.45) is 5.73 Å². The molecule has 1 aliphatic rings. The number of nitrogens with two attached hydrogens (primary N) is 1. The zero-order valence-electron chi connectivity index (χ0n) is 9.58. The van der Waals surface area contributed by atoms with Gasteiger partial charge in [-0.3, -0.25) is 4.79 Å². The highest BCUT2D eigenvalue weighted by Gasteiger charge is 2.38. The van der Waals surface area contributed by atoms with E-state index >= 15 is 0 Å². The Morgan fingerprint density at radius 3 is 2.80 bits per heavy atom. The molecule has 1 unspecified atom stereocenters. The molecule has 0 spiro atoms. The first-order valence-corrected chi connectivity index (χ1v) is 5.34. The summed E-state index contributed by atoms with van der Waals surface area (Å²) in [5.74, 6) is -0.305. The molecule has 1 amide bonds. The van der Waals surface area contributed by atoms with Crippen LogP contribution in [0.1, 0.15) is 12.8 Å². The van der Waals surface area contributed by atoms with Crippen molar-refractivity contribution in [2.75, 3.05) is 40.4 Å². The van der Waals surface area contributed by atoms with Gasteiger partial charge in [-0.2, -0.15) is 0 Å². The van der Waals surface area contributed by atoms with Crippen LogP contribution in [0.3, 0.4) is 0 Å². The van der Waals surface area contributed by atoms with Gasteiger partial charge < -0.3 is 20.7 Å². The standard InChI is InChI=1S/C10H21N3O2/c1-13(2)6-5-12-10(9(11)14)4-3-7-15-8-10/h12H,3-8H2,1-2H3,(H2,11,14). The molecule has 88 valence electrons. The second-order valence-corrected chi connectivity index (χ2v) is 4.33. The number of rotatable bonds is 5. The zero-order valence-corrected chi connectivity index (χ0v) is 9.58. The molecule has 15 heavy (non-hydrogen) atoms. The molecule has 1 aliphatic heterocycles. The highest BCUT2D eigenvalue weighted by atomic mass is 16.5. The number of carbonyl (C=O) groups excluding carboxylic acids is 1. The van der Waals surface area contributed by atoms with Gasteiger partial charge in [0.1, 0.15) is 5.54 Å². The van der Waals surface area contributed by atoms with E-state index in [-0.39, 0.29) is 5.91 Å². The van der Waals surface area contributed by atoms with Crippen LogP contribution in [0.4, 0.5) is 0 Å². The molecule has 0 aromatic rings. The van der Waals surface area contributed by atoms with E-state index in [9.17, 15) is 4.79 Å². The minimum Gasteiger partial charge on any atom is -0.379 e. The van der Waals surface area contributed by atoms with Gasteiger partial charge in [-0.15, -0.1) is 0 Å². The summed E-state index contributed by atoms with van der Waals surface area (Å²) in [6.45, 7) is 2.76. The summed E-state index contributed by atoms with van der Waals surface area (Å²) in [5, 5.41) is 3.22. The van der Waals surface area contributed by atoms with Gasteiger partial charge in [0.05, 0.1) is 6.61 Å². The fourth-order valence-electron chi connectivity index (χ4n) is 1.73. The monoisotopic (exact) mass is 215 g/mol. The van der Waals surface area contributed by atoms with Crippen LogP contribution in [-0.2, 0) is 9.53 Å². The molecule has 0 aliphatic carbocycles. The Morgan fingerprint density at radius 2 is 2.33 bits per heavy atom. The number of carbonyl (C=O) groups is 1. The molecular formula is C10H21N3O2. The van der Waals surface area contributed by atoms with Crippen molar-refractivity contribution in [3.63, 3.8) is 0 Å². The van der Waals surface area contributed by atoms with E-state index in [0.717, 1.165) is 32.5 Å². The van der Waals surface area contributed by atoms with E-state index in [4.69, 9.17) is 10.5 Å². The van der Waals surface area contributed by atoms with E-state index < -0.39 is 5.54 Å². The predicted octanol–water partition coefficient (Wildman–Crippen LogP) is -0.828. The van der Waals surface area contributed by atoms with Crippen LogP contribution in [-0.4, -0.2) is 56.7 Å². The normalized spacial score (nSPS) is 26.9. The molecule has 0 radical (unpaired) electrons. The number of nitrogens with zero attached hydrogens (tertiary/aromatic N) is 1. The van der Waals surface area contributed by atoms with Gasteiger partial charge in [-0.25, -0.2) is 0 Å². The molecule has 0 bridgehead atoms. The van der Waals surface area contributed by atoms with E-state index in [1.54, 1.807) is 0 Å². The van der Waals surface area contributed by atoms with Gasteiger partial charge in [-0.05, 0) is 26.9 Å². The number of primary amides is 1. The lowest BCUT2D eigenvalue weighted by Crippen LogP contribution is -2.61. The topological polar surface area (TPSA) is 67.6 Å². The SMILES string of the molecule is CN(C)CCNC1(C(N)=O)CCCOC1. The van der Waals surface area contributed by atoms with Gasteiger partial charge in [0.2, 0.25) is 5.91 Å². The number of amides is 1. The largest absolute Gasteiger partial charge is 0.379 e. The molecule has 1 heterocycles. The van der Waals surface area contributed by atoms with Crippen LogP contribution in [0.5, 0.6) is 0 Å². The van der Waals surface area contributed by atoms with Crippen molar-refractivity contribution in [1.29, 1.82) is 0 Å². The quantitative estimate of drug-likeness (QED) is 0.628. The second kappa shape index (κ2) is 5.44. The molecule has 5 nitrogen and oxygen atoms in total. The van der Waals surface area contributed by atoms with Crippen molar-refractivity contribution < 1.29 is 9.53 Å². The van der Waals surface area contributed by atoms with Gasteiger partial charge in [0, 0.05) is 19.7 Å². The first kappa shape index (κ1) is 12.4. The average Bonchev–Trinajstić information content (AvgIpc) is 2.18. The molecule has 3 N–H and O–H groups in total. The lowest BCUT2D eigenvalue weighted by atomic mass is 9.91. The maximum absolute atomic E-state index is 11.4. The molecule has 5 heteroatoms. The summed E-state index contributed by atoms with van der Waals surface area (Å²) in [4.78, 5) is 13.5. The lowest BCUT2D eigenvalue weighted by Gasteiger charge is -2.35. The fraction of sp³-hybridized carbons (Fsp3) is 0.900. The number of likely N-dealkylation sites (N-methyl/N-ethyl adjacent to an activating group) is 1. The first-order valence-electron chi connectivity index (χ1n) is 5.34.